The molecule has 0 unspecified atom stereocenters. The second-order valence-electron chi connectivity index (χ2n) is 37.8. The van der Waals surface area contributed by atoms with E-state index in [4.69, 9.17) is 138 Å². The molecule has 8 saturated heterocycles. The zero-order valence-corrected chi connectivity index (χ0v) is 83.3. The lowest BCUT2D eigenvalue weighted by Crippen LogP contribution is -2.54. The number of fused-ring (bicyclic) bond motifs is 4. The summed E-state index contributed by atoms with van der Waals surface area (Å²) >= 11 is 50.3. The first-order valence-electron chi connectivity index (χ1n) is 47.2. The lowest BCUT2D eigenvalue weighted by molar-refractivity contribution is 0.101. The Morgan fingerprint density at radius 1 is 0.351 bits per heavy atom. The first kappa shape index (κ1) is 97.6. The molecule has 8 aliphatic heterocycles. The van der Waals surface area contributed by atoms with Gasteiger partial charge < -0.3 is 59.6 Å². The number of Topliss-reactive ketones (excluding diaryl/α,β-unsaturated/α-hetero) is 1. The average Bonchev–Trinajstić information content (AvgIpc) is 1.60. The van der Waals surface area contributed by atoms with Gasteiger partial charge in [0.2, 0.25) is 5.95 Å². The quantitative estimate of drug-likeness (QED) is 0.0387. The summed E-state index contributed by atoms with van der Waals surface area (Å²) in [6.07, 6.45) is 17.3. The molecule has 20 rings (SSSR count). The smallest absolute Gasteiger partial charge is 0.227 e. The van der Waals surface area contributed by atoms with Gasteiger partial charge in [0.15, 0.2) is 34.1 Å². The molecular formula is C97H120Cl8N24O5. The lowest BCUT2D eigenvalue weighted by atomic mass is 9.80. The predicted molar refractivity (Wildman–Crippen MR) is 534 cm³/mol. The highest BCUT2D eigenvalue weighted by Crippen LogP contribution is 2.43. The van der Waals surface area contributed by atoms with Gasteiger partial charge in [-0.15, -0.1) is 0 Å². The Bertz CT molecular complexity index is 5700. The fourth-order valence-corrected chi connectivity index (χ4v) is 23.4. The summed E-state index contributed by atoms with van der Waals surface area (Å²) < 4.78 is 7.52. The fourth-order valence-electron chi connectivity index (χ4n) is 21.1. The number of nitrogens with zero attached hydrogens (tertiary/aromatic N) is 24. The molecule has 0 saturated carbocycles. The van der Waals surface area contributed by atoms with Crippen molar-refractivity contribution in [2.75, 3.05) is 177 Å². The molecule has 37 heteroatoms. The number of ketones is 1. The van der Waals surface area contributed by atoms with E-state index in [1.54, 1.807) is 41.2 Å². The van der Waals surface area contributed by atoms with E-state index in [1.165, 1.54) is 58.3 Å². The van der Waals surface area contributed by atoms with Crippen LogP contribution in [0.1, 0.15) is 160 Å². The Morgan fingerprint density at radius 3 is 0.955 bits per heavy atom. The van der Waals surface area contributed by atoms with E-state index in [1.807, 2.05) is 103 Å². The van der Waals surface area contributed by atoms with Crippen molar-refractivity contribution in [3.63, 3.8) is 0 Å². The van der Waals surface area contributed by atoms with Gasteiger partial charge in [-0.2, -0.15) is 25.4 Å². The van der Waals surface area contributed by atoms with E-state index in [9.17, 15) is 25.2 Å². The third-order valence-corrected chi connectivity index (χ3v) is 31.2. The number of carbonyl (C=O) groups excluding carboxylic acids is 1. The van der Waals surface area contributed by atoms with Crippen LogP contribution < -0.4 is 19.6 Å². The van der Waals surface area contributed by atoms with E-state index in [-0.39, 0.29) is 56.4 Å². The van der Waals surface area contributed by atoms with Crippen molar-refractivity contribution in [3.05, 3.63) is 183 Å². The molecule has 8 atom stereocenters. The predicted octanol–water partition coefficient (Wildman–Crippen LogP) is 16.7. The highest BCUT2D eigenvalue weighted by atomic mass is 35.5. The molecule has 0 amide bonds. The number of halogens is 8. The van der Waals surface area contributed by atoms with Crippen molar-refractivity contribution >= 4 is 167 Å². The topological polar surface area (TPSA) is 298 Å². The second-order valence-corrected chi connectivity index (χ2v) is 41.2. The molecular weight excluding hydrogens is 1860 g/mol. The van der Waals surface area contributed by atoms with Gasteiger partial charge in [-0.1, -0.05) is 117 Å². The summed E-state index contributed by atoms with van der Waals surface area (Å²) in [6.45, 7) is 36.2. The first-order chi connectivity index (χ1) is 64.7. The summed E-state index contributed by atoms with van der Waals surface area (Å²) in [5.41, 5.74) is 11.7. The monoisotopic (exact) mass is 1980 g/mol. The number of piperidine rings is 4. The standard InChI is InChI=1S/C25H30Cl2N6O2.3C24H30Cl2N6O/c1-15(20-6-5-19(26)10-21(20)27)33-25-24(23(30-33)16(2)35)28-11-22(29-25)32-13-18(14-32)17-4-3-7-31(12-17)8-9-34;1-15-21-11-27-24(31-13-18(14-31)17-4-3-7-30(12-17)8-9-33)28-23(21)32(29-15)16(2)20-6-5-19(25)10-22(20)26;2*1-15-23-24(32(29-15)16(2)20-6-5-19(25)10-21(20)26)28-22(11-27-23)31-13-18(14-31)17-4-3-7-30(12-17)8-9-33/h5-6,10-11,15,17-18,34H,3-4,7-9,12-14H2,1-2H3;3*5-6,10-11,16-18,33H,3-4,7-9,12-14H2,1-2H3/t15-,17-;2*16-,17+;16-,17-/m1111/s1. The molecule has 4 aromatic carbocycles. The Hall–Kier alpha value is -8.05. The molecule has 0 bridgehead atoms. The largest absolute Gasteiger partial charge is 0.395 e. The third-order valence-electron chi connectivity index (χ3n) is 29.0. The number of hydrogen-bond donors (Lipinski definition) is 4. The molecule has 8 aromatic heterocycles. The Balaban J connectivity index is 0.000000124. The molecule has 0 aliphatic carbocycles. The molecule has 0 radical (unpaired) electrons. The minimum absolute atomic E-state index is 0.0856. The highest BCUT2D eigenvalue weighted by molar-refractivity contribution is 6.37. The zero-order valence-electron chi connectivity index (χ0n) is 77.2. The molecule has 16 heterocycles. The summed E-state index contributed by atoms with van der Waals surface area (Å²) in [4.78, 5) is 69.5. The summed E-state index contributed by atoms with van der Waals surface area (Å²) in [7, 11) is 0. The Labute approximate surface area is 822 Å². The molecule has 8 aliphatic rings. The van der Waals surface area contributed by atoms with Crippen LogP contribution >= 0.6 is 92.8 Å². The van der Waals surface area contributed by atoms with Crippen LogP contribution in [0.15, 0.2) is 97.6 Å². The van der Waals surface area contributed by atoms with Gasteiger partial charge in [0.05, 0.1) is 91.7 Å². The lowest BCUT2D eigenvalue weighted by Gasteiger charge is -2.47. The minimum atomic E-state index is -0.260. The van der Waals surface area contributed by atoms with Gasteiger partial charge in [0.25, 0.3) is 0 Å². The zero-order chi connectivity index (χ0) is 94.0. The maximum Gasteiger partial charge on any atom is 0.227 e. The van der Waals surface area contributed by atoms with Gasteiger partial charge in [-0.25, -0.2) is 53.6 Å². The van der Waals surface area contributed by atoms with Gasteiger partial charge in [-0.3, -0.25) is 4.79 Å². The van der Waals surface area contributed by atoms with Crippen molar-refractivity contribution in [2.45, 2.75) is 131 Å². The number of hydrogen-bond acceptors (Lipinski definition) is 25. The van der Waals surface area contributed by atoms with E-state index < -0.39 is 0 Å². The van der Waals surface area contributed by atoms with E-state index in [2.05, 4.69) is 75.0 Å². The summed E-state index contributed by atoms with van der Waals surface area (Å²) in [5, 5.41) is 61.7. The molecule has 8 fully saturated rings. The molecule has 134 heavy (non-hydrogen) atoms. The molecule has 714 valence electrons. The van der Waals surface area contributed by atoms with E-state index >= 15 is 0 Å². The molecule has 12 aromatic rings. The second kappa shape index (κ2) is 43.1. The number of benzene rings is 4. The van der Waals surface area contributed by atoms with Crippen LogP contribution in [0, 0.1) is 68.1 Å². The highest BCUT2D eigenvalue weighted by Gasteiger charge is 2.42. The van der Waals surface area contributed by atoms with Crippen LogP contribution in [0.3, 0.4) is 0 Å². The van der Waals surface area contributed by atoms with E-state index in [0.717, 1.165) is 227 Å². The van der Waals surface area contributed by atoms with Gasteiger partial charge in [0.1, 0.15) is 34.0 Å². The summed E-state index contributed by atoms with van der Waals surface area (Å²) in [5.74, 6) is 8.52. The minimum Gasteiger partial charge on any atom is -0.395 e. The molecule has 29 nitrogen and oxygen atoms in total. The first-order valence-corrected chi connectivity index (χ1v) is 50.2. The normalized spacial score (nSPS) is 20.7. The number of β-amino-alcohol motifs (C(OH)–C–C–N with tert-alkyl or cyclic N) is 4. The molecule has 4 N–H and O–H groups in total. The number of aromatic nitrogens is 16. The van der Waals surface area contributed by atoms with Crippen molar-refractivity contribution in [1.29, 1.82) is 0 Å². The van der Waals surface area contributed by atoms with Crippen molar-refractivity contribution in [2.24, 2.45) is 47.3 Å². The SMILES string of the molecule is CC(=O)c1nn([C@H](C)c2ccc(Cl)cc2Cl)c2nc(N3CC([C@@H]4CCCN(CCO)C4)C3)cnc12.Cc1nn([C@H](C)c2ccc(Cl)cc2Cl)c2nc(N3CC([C@@H]4CCCN(CCO)C4)C3)cnc12.Cc1nn([C@H](C)c2ccc(Cl)cc2Cl)c2nc(N3CC([C@H]4CCCN(CCO)C4)C3)cnc12.Cc1nn([C@H](C)c2ccc(Cl)cc2Cl)c2nc(N3CC([C@H]4CCCN(CCO)C4)C3)ncc12. The number of rotatable bonds is 25. The van der Waals surface area contributed by atoms with Gasteiger partial charge in [-0.05, 0) is 244 Å². The number of aliphatic hydroxyl groups excluding tert-OH is 4. The maximum absolute atomic E-state index is 12.3. The number of aliphatic hydroxyl groups is 4. The number of aryl methyl sites for hydroxylation is 3. The molecule has 0 spiro atoms. The van der Waals surface area contributed by atoms with E-state index in [0.29, 0.717) is 104 Å². The fraction of sp³-hybridized carbons (Fsp3) is 0.536. The number of anilines is 4. The number of carbonyl (C=O) groups is 1. The van der Waals surface area contributed by atoms with Gasteiger partial charge in [0, 0.05) is 158 Å². The van der Waals surface area contributed by atoms with Gasteiger partial charge >= 0.3 is 0 Å². The maximum atomic E-state index is 12.3. The third kappa shape index (κ3) is 21.4. The van der Waals surface area contributed by atoms with Crippen molar-refractivity contribution in [3.8, 4) is 0 Å². The van der Waals surface area contributed by atoms with Crippen molar-refractivity contribution in [1.82, 2.24) is 98.6 Å². The van der Waals surface area contributed by atoms with Crippen LogP contribution in [0.4, 0.5) is 23.4 Å². The summed E-state index contributed by atoms with van der Waals surface area (Å²) in [6, 6.07) is 21.5. The van der Waals surface area contributed by atoms with Crippen LogP contribution in [-0.4, -0.2) is 282 Å². The average molecular weight is 1990 g/mol. The van der Waals surface area contributed by atoms with Crippen LogP contribution in [0.5, 0.6) is 0 Å². The Morgan fingerprint density at radius 2 is 0.642 bits per heavy atom. The van der Waals surface area contributed by atoms with Crippen molar-refractivity contribution < 1.29 is 25.2 Å². The van der Waals surface area contributed by atoms with Crippen LogP contribution in [0.2, 0.25) is 40.2 Å². The Kier molecular flexibility index (Phi) is 31.4. The van der Waals surface area contributed by atoms with Crippen LogP contribution in [0.25, 0.3) is 44.5 Å². The van der Waals surface area contributed by atoms with Crippen LogP contribution in [-0.2, 0) is 0 Å². The number of likely N-dealkylation sites (tertiary alicyclic amines) is 4.